The lowest BCUT2D eigenvalue weighted by atomic mass is 10.1. The SMILES string of the molecule is Cc1cc(NC(=O)c2cc(F)ccc2C)ccc1O. The van der Waals surface area contributed by atoms with Gasteiger partial charge in [-0.1, -0.05) is 6.07 Å². The van der Waals surface area contributed by atoms with E-state index in [0.29, 0.717) is 22.4 Å². The van der Waals surface area contributed by atoms with Crippen molar-refractivity contribution in [3.63, 3.8) is 0 Å². The number of aromatic hydroxyl groups is 1. The summed E-state index contributed by atoms with van der Waals surface area (Å²) >= 11 is 0. The quantitative estimate of drug-likeness (QED) is 0.812. The largest absolute Gasteiger partial charge is 0.508 e. The zero-order valence-electron chi connectivity index (χ0n) is 10.7. The van der Waals surface area contributed by atoms with Crippen molar-refractivity contribution >= 4 is 11.6 Å². The highest BCUT2D eigenvalue weighted by atomic mass is 19.1. The molecule has 4 heteroatoms. The second-order valence-electron chi connectivity index (χ2n) is 4.41. The van der Waals surface area contributed by atoms with E-state index in [2.05, 4.69) is 5.32 Å². The molecule has 0 aliphatic carbocycles. The van der Waals surface area contributed by atoms with Crippen molar-refractivity contribution in [2.75, 3.05) is 5.32 Å². The van der Waals surface area contributed by atoms with Crippen molar-refractivity contribution in [2.45, 2.75) is 13.8 Å². The molecule has 2 aromatic rings. The zero-order chi connectivity index (χ0) is 14.0. The number of aryl methyl sites for hydroxylation is 2. The van der Waals surface area contributed by atoms with Crippen LogP contribution in [0.15, 0.2) is 36.4 Å². The van der Waals surface area contributed by atoms with Crippen LogP contribution in [0, 0.1) is 19.7 Å². The number of anilines is 1. The molecule has 0 atom stereocenters. The number of halogens is 1. The van der Waals surface area contributed by atoms with Crippen molar-refractivity contribution in [1.29, 1.82) is 0 Å². The molecule has 0 aliphatic heterocycles. The first kappa shape index (κ1) is 13.1. The van der Waals surface area contributed by atoms with Crippen LogP contribution in [0.25, 0.3) is 0 Å². The topological polar surface area (TPSA) is 49.3 Å². The van der Waals surface area contributed by atoms with E-state index >= 15 is 0 Å². The van der Waals surface area contributed by atoms with Gasteiger partial charge >= 0.3 is 0 Å². The second kappa shape index (κ2) is 5.10. The van der Waals surface area contributed by atoms with Gasteiger partial charge in [-0.2, -0.15) is 0 Å². The normalized spacial score (nSPS) is 10.3. The Kier molecular flexibility index (Phi) is 3.51. The number of nitrogens with one attached hydrogen (secondary N) is 1. The fourth-order valence-corrected chi connectivity index (χ4v) is 1.77. The van der Waals surface area contributed by atoms with Crippen LogP contribution in [0.4, 0.5) is 10.1 Å². The lowest BCUT2D eigenvalue weighted by Crippen LogP contribution is -2.13. The molecule has 0 aliphatic rings. The van der Waals surface area contributed by atoms with Crippen LogP contribution in [-0.2, 0) is 0 Å². The summed E-state index contributed by atoms with van der Waals surface area (Å²) in [4.78, 5) is 12.0. The summed E-state index contributed by atoms with van der Waals surface area (Å²) in [7, 11) is 0. The highest BCUT2D eigenvalue weighted by Crippen LogP contribution is 2.21. The average Bonchev–Trinajstić information content (AvgIpc) is 2.36. The van der Waals surface area contributed by atoms with Gasteiger partial charge in [0.2, 0.25) is 0 Å². The molecule has 2 N–H and O–H groups in total. The van der Waals surface area contributed by atoms with E-state index in [1.54, 1.807) is 32.0 Å². The summed E-state index contributed by atoms with van der Waals surface area (Å²) in [5.74, 6) is -0.653. The average molecular weight is 259 g/mol. The number of carbonyl (C=O) groups excluding carboxylic acids is 1. The predicted molar refractivity (Wildman–Crippen MR) is 71.9 cm³/mol. The summed E-state index contributed by atoms with van der Waals surface area (Å²) in [6.07, 6.45) is 0. The Morgan fingerprint density at radius 3 is 2.53 bits per heavy atom. The lowest BCUT2D eigenvalue weighted by Gasteiger charge is -2.09. The highest BCUT2D eigenvalue weighted by molar-refractivity contribution is 6.05. The van der Waals surface area contributed by atoms with Crippen molar-refractivity contribution in [3.8, 4) is 5.75 Å². The van der Waals surface area contributed by atoms with Crippen molar-refractivity contribution in [3.05, 3.63) is 58.9 Å². The summed E-state index contributed by atoms with van der Waals surface area (Å²) in [6.45, 7) is 3.48. The molecule has 3 nitrogen and oxygen atoms in total. The van der Waals surface area contributed by atoms with E-state index in [0.717, 1.165) is 0 Å². The highest BCUT2D eigenvalue weighted by Gasteiger charge is 2.11. The maximum Gasteiger partial charge on any atom is 0.256 e. The number of hydrogen-bond acceptors (Lipinski definition) is 2. The number of phenols is 1. The minimum Gasteiger partial charge on any atom is -0.508 e. The molecule has 1 amide bonds. The standard InChI is InChI=1S/C15H14FNO2/c1-9-3-4-11(16)8-13(9)15(19)17-12-5-6-14(18)10(2)7-12/h3-8,18H,1-2H3,(H,17,19). The maximum atomic E-state index is 13.2. The van der Waals surface area contributed by atoms with Gasteiger partial charge in [-0.3, -0.25) is 4.79 Å². The first-order valence-electron chi connectivity index (χ1n) is 5.84. The van der Waals surface area contributed by atoms with E-state index < -0.39 is 5.82 Å². The number of rotatable bonds is 2. The first-order valence-corrected chi connectivity index (χ1v) is 5.84. The van der Waals surface area contributed by atoms with Gasteiger partial charge in [-0.25, -0.2) is 4.39 Å². The van der Waals surface area contributed by atoms with Gasteiger partial charge < -0.3 is 10.4 Å². The van der Waals surface area contributed by atoms with Crippen LogP contribution in [0.2, 0.25) is 0 Å². The fraction of sp³-hybridized carbons (Fsp3) is 0.133. The molecule has 0 aromatic heterocycles. The predicted octanol–water partition coefficient (Wildman–Crippen LogP) is 3.40. The Balaban J connectivity index is 2.25. The lowest BCUT2D eigenvalue weighted by molar-refractivity contribution is 0.102. The molecular weight excluding hydrogens is 245 g/mol. The molecule has 0 saturated heterocycles. The Hall–Kier alpha value is -2.36. The smallest absolute Gasteiger partial charge is 0.256 e. The summed E-state index contributed by atoms with van der Waals surface area (Å²) < 4.78 is 13.2. The van der Waals surface area contributed by atoms with Gasteiger partial charge in [-0.05, 0) is 55.3 Å². The van der Waals surface area contributed by atoms with Crippen molar-refractivity contribution in [2.24, 2.45) is 0 Å². The first-order chi connectivity index (χ1) is 8.97. The summed E-state index contributed by atoms with van der Waals surface area (Å²) in [5.41, 5.74) is 2.22. The van der Waals surface area contributed by atoms with E-state index in [9.17, 15) is 14.3 Å². The molecule has 0 unspecified atom stereocenters. The van der Waals surface area contributed by atoms with E-state index in [4.69, 9.17) is 0 Å². The van der Waals surface area contributed by atoms with Crippen LogP contribution >= 0.6 is 0 Å². The van der Waals surface area contributed by atoms with Crippen LogP contribution < -0.4 is 5.32 Å². The number of phenolic OH excluding ortho intramolecular Hbond substituents is 1. The minimum absolute atomic E-state index is 0.167. The summed E-state index contributed by atoms with van der Waals surface area (Å²) in [5, 5.41) is 12.1. The number of benzene rings is 2. The third kappa shape index (κ3) is 2.91. The molecule has 0 bridgehead atoms. The van der Waals surface area contributed by atoms with Crippen LogP contribution in [0.5, 0.6) is 5.75 Å². The van der Waals surface area contributed by atoms with Crippen LogP contribution in [0.3, 0.4) is 0 Å². The molecule has 98 valence electrons. The second-order valence-corrected chi connectivity index (χ2v) is 4.41. The molecule has 0 fully saturated rings. The fourth-order valence-electron chi connectivity index (χ4n) is 1.77. The third-order valence-corrected chi connectivity index (χ3v) is 2.90. The van der Waals surface area contributed by atoms with Gasteiger partial charge in [0.1, 0.15) is 11.6 Å². The Morgan fingerprint density at radius 2 is 1.84 bits per heavy atom. The summed E-state index contributed by atoms with van der Waals surface area (Å²) in [6, 6.07) is 8.83. The van der Waals surface area contributed by atoms with Gasteiger partial charge in [0.15, 0.2) is 0 Å². The number of hydrogen-bond donors (Lipinski definition) is 2. The Labute approximate surface area is 110 Å². The third-order valence-electron chi connectivity index (χ3n) is 2.90. The van der Waals surface area contributed by atoms with E-state index in [1.807, 2.05) is 0 Å². The number of amides is 1. The van der Waals surface area contributed by atoms with Gasteiger partial charge in [-0.15, -0.1) is 0 Å². The molecule has 19 heavy (non-hydrogen) atoms. The van der Waals surface area contributed by atoms with Crippen LogP contribution in [0.1, 0.15) is 21.5 Å². The zero-order valence-corrected chi connectivity index (χ0v) is 10.7. The van der Waals surface area contributed by atoms with Crippen LogP contribution in [-0.4, -0.2) is 11.0 Å². The van der Waals surface area contributed by atoms with E-state index in [1.165, 1.54) is 18.2 Å². The molecule has 0 saturated carbocycles. The minimum atomic E-state index is -0.447. The monoisotopic (exact) mass is 259 g/mol. The number of carbonyl (C=O) groups is 1. The molecule has 0 heterocycles. The van der Waals surface area contributed by atoms with Crippen molar-refractivity contribution < 1.29 is 14.3 Å². The van der Waals surface area contributed by atoms with Gasteiger partial charge in [0, 0.05) is 11.3 Å². The molecule has 2 aromatic carbocycles. The van der Waals surface area contributed by atoms with Crippen molar-refractivity contribution in [1.82, 2.24) is 0 Å². The maximum absolute atomic E-state index is 13.2. The molecular formula is C15H14FNO2. The van der Waals surface area contributed by atoms with Gasteiger partial charge in [0.05, 0.1) is 0 Å². The van der Waals surface area contributed by atoms with E-state index in [-0.39, 0.29) is 11.7 Å². The molecule has 2 rings (SSSR count). The molecule has 0 spiro atoms. The Morgan fingerprint density at radius 1 is 1.11 bits per heavy atom. The van der Waals surface area contributed by atoms with Gasteiger partial charge in [0.25, 0.3) is 5.91 Å². The Bertz CT molecular complexity index is 638. The molecule has 0 radical (unpaired) electrons.